The first-order valence-electron chi connectivity index (χ1n) is 9.25. The summed E-state index contributed by atoms with van der Waals surface area (Å²) < 4.78 is 27.5. The summed E-state index contributed by atoms with van der Waals surface area (Å²) in [7, 11) is -3.92. The monoisotopic (exact) mass is 435 g/mol. The second-order valence-corrected chi connectivity index (χ2v) is 8.55. The summed E-state index contributed by atoms with van der Waals surface area (Å²) in [6.07, 6.45) is 4.01. The predicted molar refractivity (Wildman–Crippen MR) is 114 cm³/mol. The van der Waals surface area contributed by atoms with E-state index < -0.39 is 27.9 Å². The van der Waals surface area contributed by atoms with Crippen LogP contribution in [0.5, 0.6) is 0 Å². The molecule has 1 aromatic heterocycles. The van der Waals surface area contributed by atoms with Crippen LogP contribution in [0, 0.1) is 0 Å². The van der Waals surface area contributed by atoms with Crippen LogP contribution >= 0.6 is 0 Å². The Bertz CT molecular complexity index is 1370. The fourth-order valence-corrected chi connectivity index (χ4v) is 4.74. The third kappa shape index (κ3) is 3.44. The number of nitrogens with one attached hydrogen (secondary N) is 1. The number of barbiturate groups is 1. The number of fused-ring (bicyclic) bond motifs is 1. The van der Waals surface area contributed by atoms with E-state index in [4.69, 9.17) is 0 Å². The molecule has 0 atom stereocenters. The number of urea groups is 1. The van der Waals surface area contributed by atoms with Crippen molar-refractivity contribution in [1.82, 2.24) is 14.2 Å². The summed E-state index contributed by atoms with van der Waals surface area (Å²) >= 11 is 0. The molecule has 2 heterocycles. The fraction of sp³-hybridized carbons (Fsp3) is 0.0455. The van der Waals surface area contributed by atoms with Crippen LogP contribution in [0.2, 0.25) is 0 Å². The van der Waals surface area contributed by atoms with Crippen LogP contribution in [-0.2, 0) is 19.6 Å². The van der Waals surface area contributed by atoms with Gasteiger partial charge in [-0.3, -0.25) is 19.8 Å². The molecule has 9 heteroatoms. The number of carbonyl (C=O) groups is 3. The molecule has 31 heavy (non-hydrogen) atoms. The number of imide groups is 2. The number of para-hydroxylation sites is 1. The third-order valence-electron chi connectivity index (χ3n) is 4.81. The number of hydrogen-bond donors (Lipinski definition) is 1. The Labute approximate surface area is 178 Å². The van der Waals surface area contributed by atoms with Crippen LogP contribution in [0.25, 0.3) is 17.0 Å². The highest BCUT2D eigenvalue weighted by Gasteiger charge is 2.35. The van der Waals surface area contributed by atoms with Gasteiger partial charge < -0.3 is 0 Å². The van der Waals surface area contributed by atoms with E-state index in [9.17, 15) is 22.8 Å². The van der Waals surface area contributed by atoms with E-state index in [2.05, 4.69) is 11.9 Å². The van der Waals surface area contributed by atoms with Gasteiger partial charge in [0.1, 0.15) is 5.57 Å². The zero-order valence-corrected chi connectivity index (χ0v) is 17.0. The molecule has 0 spiro atoms. The second kappa shape index (κ2) is 7.69. The Morgan fingerprint density at radius 3 is 2.35 bits per heavy atom. The molecule has 0 saturated carbocycles. The minimum absolute atomic E-state index is 0.0700. The predicted octanol–water partition coefficient (Wildman–Crippen LogP) is 2.53. The average Bonchev–Trinajstić information content (AvgIpc) is 3.14. The largest absolute Gasteiger partial charge is 0.331 e. The number of amides is 4. The smallest absolute Gasteiger partial charge is 0.273 e. The van der Waals surface area contributed by atoms with E-state index in [1.807, 2.05) is 0 Å². The minimum Gasteiger partial charge on any atom is -0.273 e. The van der Waals surface area contributed by atoms with Gasteiger partial charge in [0.15, 0.2) is 0 Å². The summed E-state index contributed by atoms with van der Waals surface area (Å²) in [5, 5.41) is 2.64. The van der Waals surface area contributed by atoms with Gasteiger partial charge in [-0.2, -0.15) is 0 Å². The van der Waals surface area contributed by atoms with E-state index in [-0.39, 0.29) is 17.0 Å². The highest BCUT2D eigenvalue weighted by Crippen LogP contribution is 2.28. The molecule has 1 aliphatic rings. The highest BCUT2D eigenvalue weighted by molar-refractivity contribution is 7.90. The van der Waals surface area contributed by atoms with Gasteiger partial charge in [-0.25, -0.2) is 17.2 Å². The van der Waals surface area contributed by atoms with Crippen LogP contribution in [0.1, 0.15) is 5.56 Å². The molecular weight excluding hydrogens is 418 g/mol. The van der Waals surface area contributed by atoms with E-state index in [0.29, 0.717) is 16.5 Å². The SMILES string of the molecule is C=CCN1C(=O)NC(=O)C(=Cc2cn(S(=O)(=O)c3ccccc3)c3ccccc23)C1=O. The summed E-state index contributed by atoms with van der Waals surface area (Å²) in [5.74, 6) is -1.63. The van der Waals surface area contributed by atoms with Crippen LogP contribution < -0.4 is 5.32 Å². The molecule has 3 aromatic rings. The number of carbonyl (C=O) groups excluding carboxylic acids is 3. The van der Waals surface area contributed by atoms with Crippen LogP contribution in [0.4, 0.5) is 4.79 Å². The first-order chi connectivity index (χ1) is 14.8. The van der Waals surface area contributed by atoms with Gasteiger partial charge in [-0.1, -0.05) is 42.5 Å². The minimum atomic E-state index is -3.92. The topological polar surface area (TPSA) is 106 Å². The number of nitrogens with zero attached hydrogens (tertiary/aromatic N) is 2. The van der Waals surface area contributed by atoms with Gasteiger partial charge in [0.05, 0.1) is 10.4 Å². The van der Waals surface area contributed by atoms with Gasteiger partial charge in [0, 0.05) is 23.7 Å². The van der Waals surface area contributed by atoms with E-state index >= 15 is 0 Å². The molecule has 1 aliphatic heterocycles. The molecule has 1 saturated heterocycles. The van der Waals surface area contributed by atoms with Crippen molar-refractivity contribution in [2.24, 2.45) is 0 Å². The Kier molecular flexibility index (Phi) is 5.04. The van der Waals surface area contributed by atoms with Crippen molar-refractivity contribution >= 4 is 44.8 Å². The van der Waals surface area contributed by atoms with E-state index in [1.54, 1.807) is 42.5 Å². The maximum Gasteiger partial charge on any atom is 0.331 e. The second-order valence-electron chi connectivity index (χ2n) is 6.74. The first-order valence-corrected chi connectivity index (χ1v) is 10.7. The molecule has 0 aliphatic carbocycles. The molecule has 1 N–H and O–H groups in total. The summed E-state index contributed by atoms with van der Waals surface area (Å²) in [4.78, 5) is 37.9. The Hall–Kier alpha value is -3.98. The Balaban J connectivity index is 1.88. The first kappa shape index (κ1) is 20.3. The number of rotatable bonds is 5. The van der Waals surface area contributed by atoms with Crippen molar-refractivity contribution in [2.75, 3.05) is 6.54 Å². The normalized spacial score (nSPS) is 16.1. The summed E-state index contributed by atoms with van der Waals surface area (Å²) in [6.45, 7) is 3.43. The molecular formula is C22H17N3O5S. The lowest BCUT2D eigenvalue weighted by Gasteiger charge is -2.25. The Morgan fingerprint density at radius 1 is 0.968 bits per heavy atom. The van der Waals surface area contributed by atoms with Crippen molar-refractivity contribution in [3.63, 3.8) is 0 Å². The zero-order valence-electron chi connectivity index (χ0n) is 16.2. The maximum atomic E-state index is 13.2. The molecule has 156 valence electrons. The lowest BCUT2D eigenvalue weighted by molar-refractivity contribution is -0.129. The average molecular weight is 435 g/mol. The quantitative estimate of drug-likeness (QED) is 0.377. The molecule has 8 nitrogen and oxygen atoms in total. The lowest BCUT2D eigenvalue weighted by Crippen LogP contribution is -2.54. The molecule has 4 amide bonds. The van der Waals surface area contributed by atoms with Gasteiger partial charge in [-0.05, 0) is 24.3 Å². The van der Waals surface area contributed by atoms with E-state index in [1.165, 1.54) is 30.5 Å². The van der Waals surface area contributed by atoms with Gasteiger partial charge in [0.2, 0.25) is 0 Å². The number of hydrogen-bond acceptors (Lipinski definition) is 5. The van der Waals surface area contributed by atoms with Crippen molar-refractivity contribution in [2.45, 2.75) is 4.90 Å². The van der Waals surface area contributed by atoms with Gasteiger partial charge >= 0.3 is 6.03 Å². The molecule has 2 aromatic carbocycles. The van der Waals surface area contributed by atoms with Crippen molar-refractivity contribution < 1.29 is 22.8 Å². The summed E-state index contributed by atoms with van der Waals surface area (Å²) in [6, 6.07) is 13.8. The molecule has 1 fully saturated rings. The van der Waals surface area contributed by atoms with Crippen molar-refractivity contribution in [3.05, 3.63) is 84.6 Å². The number of benzene rings is 2. The van der Waals surface area contributed by atoms with Crippen LogP contribution in [0.3, 0.4) is 0 Å². The molecule has 0 unspecified atom stereocenters. The van der Waals surface area contributed by atoms with E-state index in [0.717, 1.165) is 8.87 Å². The van der Waals surface area contributed by atoms with Crippen molar-refractivity contribution in [3.8, 4) is 0 Å². The van der Waals surface area contributed by atoms with Gasteiger partial charge in [-0.15, -0.1) is 6.58 Å². The molecule has 0 bridgehead atoms. The third-order valence-corrected chi connectivity index (χ3v) is 6.49. The maximum absolute atomic E-state index is 13.2. The summed E-state index contributed by atoms with van der Waals surface area (Å²) in [5.41, 5.74) is 0.462. The lowest BCUT2D eigenvalue weighted by atomic mass is 10.1. The molecule has 4 rings (SSSR count). The molecule has 0 radical (unpaired) electrons. The van der Waals surface area contributed by atoms with Gasteiger partial charge in [0.25, 0.3) is 21.8 Å². The zero-order chi connectivity index (χ0) is 22.2. The van der Waals surface area contributed by atoms with Crippen LogP contribution in [-0.4, -0.2) is 41.7 Å². The highest BCUT2D eigenvalue weighted by atomic mass is 32.2. The Morgan fingerprint density at radius 2 is 1.65 bits per heavy atom. The van der Waals surface area contributed by atoms with Crippen molar-refractivity contribution in [1.29, 1.82) is 0 Å². The number of aromatic nitrogens is 1. The van der Waals surface area contributed by atoms with Crippen LogP contribution in [0.15, 0.2) is 83.9 Å². The standard InChI is InChI=1S/C22H17N3O5S/c1-2-12-24-21(27)18(20(26)23-22(24)28)13-15-14-25(19-11-7-6-10-17(15)19)31(29,30)16-8-4-3-5-9-16/h2-11,13-14H,1,12H2,(H,23,26,28). The fourth-order valence-electron chi connectivity index (χ4n) is 3.34.